The molecule has 3 aliphatic rings. The van der Waals surface area contributed by atoms with Gasteiger partial charge in [-0.15, -0.1) is 0 Å². The second-order valence-electron chi connectivity index (χ2n) is 6.69. The SMILES string of the molecule is O=[N+]([O-])c1cc2c(c(CN3CCOC4CCCCC43)c1)OCOC2. The quantitative estimate of drug-likeness (QED) is 0.625. The van der Waals surface area contributed by atoms with Crippen molar-refractivity contribution in [1.29, 1.82) is 0 Å². The molecule has 7 nitrogen and oxygen atoms in total. The first kappa shape index (κ1) is 15.8. The van der Waals surface area contributed by atoms with Crippen LogP contribution in [0.5, 0.6) is 5.75 Å². The third kappa shape index (κ3) is 2.99. The van der Waals surface area contributed by atoms with Crippen molar-refractivity contribution in [3.05, 3.63) is 33.4 Å². The van der Waals surface area contributed by atoms with Gasteiger partial charge < -0.3 is 14.2 Å². The van der Waals surface area contributed by atoms with E-state index in [0.717, 1.165) is 42.9 Å². The van der Waals surface area contributed by atoms with E-state index in [0.29, 0.717) is 25.3 Å². The maximum absolute atomic E-state index is 11.2. The van der Waals surface area contributed by atoms with Gasteiger partial charge in [0.2, 0.25) is 0 Å². The lowest BCUT2D eigenvalue weighted by Crippen LogP contribution is -2.52. The number of rotatable bonds is 3. The molecule has 0 amide bonds. The molecular formula is C17H22N2O5. The standard InChI is InChI=1S/C17H22N2O5/c20-19(21)14-7-12(17-13(8-14)10-22-11-24-17)9-18-5-6-23-16-4-2-1-3-15(16)18/h7-8,15-16H,1-6,9-11H2. The molecule has 0 radical (unpaired) electrons. The molecule has 2 fully saturated rings. The minimum Gasteiger partial charge on any atom is -0.467 e. The average Bonchev–Trinajstić information content (AvgIpc) is 2.62. The van der Waals surface area contributed by atoms with Crippen LogP contribution in [-0.2, 0) is 22.6 Å². The van der Waals surface area contributed by atoms with E-state index in [1.165, 1.54) is 12.8 Å². The Morgan fingerprint density at radius 2 is 2.17 bits per heavy atom. The van der Waals surface area contributed by atoms with Crippen LogP contribution >= 0.6 is 0 Å². The summed E-state index contributed by atoms with van der Waals surface area (Å²) in [4.78, 5) is 13.3. The molecule has 7 heteroatoms. The number of hydrogen-bond donors (Lipinski definition) is 0. The van der Waals surface area contributed by atoms with Gasteiger partial charge in [-0.1, -0.05) is 12.8 Å². The van der Waals surface area contributed by atoms with Crippen molar-refractivity contribution in [2.75, 3.05) is 19.9 Å². The monoisotopic (exact) mass is 334 g/mol. The molecule has 1 saturated heterocycles. The molecule has 2 unspecified atom stereocenters. The number of ether oxygens (including phenoxy) is 3. The smallest absolute Gasteiger partial charge is 0.270 e. The van der Waals surface area contributed by atoms with Crippen LogP contribution in [0.4, 0.5) is 5.69 Å². The van der Waals surface area contributed by atoms with E-state index >= 15 is 0 Å². The van der Waals surface area contributed by atoms with E-state index < -0.39 is 0 Å². The molecule has 2 heterocycles. The number of non-ortho nitro benzene ring substituents is 1. The minimum absolute atomic E-state index is 0.103. The van der Waals surface area contributed by atoms with Gasteiger partial charge in [0.1, 0.15) is 5.75 Å². The molecule has 1 aromatic carbocycles. The number of benzene rings is 1. The summed E-state index contributed by atoms with van der Waals surface area (Å²) in [6, 6.07) is 3.61. The Labute approximate surface area is 140 Å². The van der Waals surface area contributed by atoms with E-state index in [9.17, 15) is 10.1 Å². The van der Waals surface area contributed by atoms with Gasteiger partial charge in [0.05, 0.1) is 24.2 Å². The zero-order valence-corrected chi connectivity index (χ0v) is 13.6. The van der Waals surface area contributed by atoms with Crippen molar-refractivity contribution < 1.29 is 19.1 Å². The number of nitro groups is 1. The largest absolute Gasteiger partial charge is 0.467 e. The van der Waals surface area contributed by atoms with Crippen LogP contribution in [0.2, 0.25) is 0 Å². The molecular weight excluding hydrogens is 312 g/mol. The van der Waals surface area contributed by atoms with Crippen LogP contribution in [-0.4, -0.2) is 41.9 Å². The van der Waals surface area contributed by atoms with Crippen LogP contribution in [0.15, 0.2) is 12.1 Å². The number of nitro benzene ring substituents is 1. The highest BCUT2D eigenvalue weighted by Crippen LogP contribution is 2.36. The molecule has 2 aliphatic heterocycles. The number of hydrogen-bond acceptors (Lipinski definition) is 6. The minimum atomic E-state index is -0.346. The lowest BCUT2D eigenvalue weighted by atomic mass is 9.89. The van der Waals surface area contributed by atoms with Gasteiger partial charge in [-0.05, 0) is 12.8 Å². The Kier molecular flexibility index (Phi) is 4.39. The van der Waals surface area contributed by atoms with Gasteiger partial charge in [0.15, 0.2) is 6.79 Å². The molecule has 1 saturated carbocycles. The second kappa shape index (κ2) is 6.66. The maximum atomic E-state index is 11.2. The number of nitrogens with zero attached hydrogens (tertiary/aromatic N) is 2. The van der Waals surface area contributed by atoms with E-state index in [4.69, 9.17) is 14.2 Å². The third-order valence-corrected chi connectivity index (χ3v) is 5.20. The van der Waals surface area contributed by atoms with Crippen LogP contribution < -0.4 is 4.74 Å². The Morgan fingerprint density at radius 3 is 3.04 bits per heavy atom. The second-order valence-corrected chi connectivity index (χ2v) is 6.69. The number of fused-ring (bicyclic) bond motifs is 2. The zero-order chi connectivity index (χ0) is 16.5. The highest BCUT2D eigenvalue weighted by Gasteiger charge is 2.35. The molecule has 4 rings (SSSR count). The average molecular weight is 334 g/mol. The molecule has 2 atom stereocenters. The normalized spacial score (nSPS) is 27.0. The third-order valence-electron chi connectivity index (χ3n) is 5.20. The molecule has 0 spiro atoms. The molecule has 0 aromatic heterocycles. The van der Waals surface area contributed by atoms with E-state index in [1.54, 1.807) is 12.1 Å². The zero-order valence-electron chi connectivity index (χ0n) is 13.6. The molecule has 0 N–H and O–H groups in total. The first-order chi connectivity index (χ1) is 11.7. The lowest BCUT2D eigenvalue weighted by molar-refractivity contribution is -0.385. The summed E-state index contributed by atoms with van der Waals surface area (Å²) in [6.07, 6.45) is 4.98. The fourth-order valence-electron chi connectivity index (χ4n) is 4.10. The molecule has 1 aliphatic carbocycles. The Bertz CT molecular complexity index is 634. The molecule has 1 aromatic rings. The van der Waals surface area contributed by atoms with Crippen molar-refractivity contribution in [2.24, 2.45) is 0 Å². The van der Waals surface area contributed by atoms with Gasteiger partial charge in [-0.25, -0.2) is 0 Å². The Balaban J connectivity index is 1.63. The summed E-state index contributed by atoms with van der Waals surface area (Å²) < 4.78 is 16.9. The summed E-state index contributed by atoms with van der Waals surface area (Å²) in [6.45, 7) is 2.80. The van der Waals surface area contributed by atoms with Crippen LogP contribution in [0.1, 0.15) is 36.8 Å². The summed E-state index contributed by atoms with van der Waals surface area (Å²) in [5, 5.41) is 11.2. The Hall–Kier alpha value is -1.70. The van der Waals surface area contributed by atoms with Crippen molar-refractivity contribution >= 4 is 5.69 Å². The molecule has 24 heavy (non-hydrogen) atoms. The van der Waals surface area contributed by atoms with E-state index in [1.807, 2.05) is 0 Å². The highest BCUT2D eigenvalue weighted by molar-refractivity contribution is 5.50. The predicted molar refractivity (Wildman–Crippen MR) is 85.8 cm³/mol. The van der Waals surface area contributed by atoms with Crippen molar-refractivity contribution in [3.8, 4) is 5.75 Å². The van der Waals surface area contributed by atoms with Gasteiger partial charge >= 0.3 is 0 Å². The van der Waals surface area contributed by atoms with E-state index in [2.05, 4.69) is 4.90 Å². The molecule has 130 valence electrons. The van der Waals surface area contributed by atoms with Crippen LogP contribution in [0.25, 0.3) is 0 Å². The van der Waals surface area contributed by atoms with Crippen LogP contribution in [0.3, 0.4) is 0 Å². The summed E-state index contributed by atoms with van der Waals surface area (Å²) in [7, 11) is 0. The Morgan fingerprint density at radius 1 is 1.29 bits per heavy atom. The summed E-state index contributed by atoms with van der Waals surface area (Å²) >= 11 is 0. The maximum Gasteiger partial charge on any atom is 0.270 e. The highest BCUT2D eigenvalue weighted by atomic mass is 16.7. The first-order valence-corrected chi connectivity index (χ1v) is 8.59. The number of morpholine rings is 1. The lowest BCUT2D eigenvalue weighted by Gasteiger charge is -2.44. The van der Waals surface area contributed by atoms with Gasteiger partial charge in [-0.3, -0.25) is 15.0 Å². The van der Waals surface area contributed by atoms with Gasteiger partial charge in [0, 0.05) is 42.4 Å². The van der Waals surface area contributed by atoms with Crippen molar-refractivity contribution in [3.63, 3.8) is 0 Å². The summed E-state index contributed by atoms with van der Waals surface area (Å²) in [5.74, 6) is 0.755. The fourth-order valence-corrected chi connectivity index (χ4v) is 4.10. The predicted octanol–water partition coefficient (Wildman–Crippen LogP) is 2.60. The first-order valence-electron chi connectivity index (χ1n) is 8.59. The summed E-state index contributed by atoms with van der Waals surface area (Å²) in [5.41, 5.74) is 1.75. The van der Waals surface area contributed by atoms with Gasteiger partial charge in [0.25, 0.3) is 5.69 Å². The van der Waals surface area contributed by atoms with E-state index in [-0.39, 0.29) is 17.4 Å². The van der Waals surface area contributed by atoms with Crippen LogP contribution in [0, 0.1) is 10.1 Å². The van der Waals surface area contributed by atoms with Crippen molar-refractivity contribution in [2.45, 2.75) is 51.0 Å². The van der Waals surface area contributed by atoms with Gasteiger partial charge in [-0.2, -0.15) is 0 Å². The fraction of sp³-hybridized carbons (Fsp3) is 0.647. The van der Waals surface area contributed by atoms with Crippen molar-refractivity contribution in [1.82, 2.24) is 4.90 Å². The topological polar surface area (TPSA) is 74.1 Å². The molecule has 0 bridgehead atoms.